The number of para-hydroxylation sites is 1. The Bertz CT molecular complexity index is 620. The third-order valence-electron chi connectivity index (χ3n) is 2.48. The second-order valence-corrected chi connectivity index (χ2v) is 5.60. The van der Waals surface area contributed by atoms with Crippen molar-refractivity contribution in [3.63, 3.8) is 0 Å². The van der Waals surface area contributed by atoms with Crippen molar-refractivity contribution >= 4 is 15.7 Å². The summed E-state index contributed by atoms with van der Waals surface area (Å²) in [7, 11) is -3.63. The maximum Gasteiger partial charge on any atom is 0.265 e. The molecule has 1 atom stereocenters. The van der Waals surface area contributed by atoms with E-state index in [9.17, 15) is 8.42 Å². The van der Waals surface area contributed by atoms with Gasteiger partial charge in [-0.15, -0.1) is 0 Å². The van der Waals surface area contributed by atoms with Crippen molar-refractivity contribution in [2.75, 3.05) is 4.72 Å². The Balaban J connectivity index is 2.36. The number of nitrogens with two attached hydrogens (primary N) is 1. The maximum atomic E-state index is 12.0. The molecule has 0 aliphatic carbocycles. The molecular formula is C11H14N4O2S. The molecular weight excluding hydrogens is 252 g/mol. The molecule has 6 nitrogen and oxygen atoms in total. The number of hydrogen-bond donors (Lipinski definition) is 3. The third-order valence-corrected chi connectivity index (χ3v) is 3.81. The van der Waals surface area contributed by atoms with E-state index < -0.39 is 10.0 Å². The molecule has 2 rings (SSSR count). The van der Waals surface area contributed by atoms with Gasteiger partial charge in [0.05, 0.1) is 11.9 Å². The van der Waals surface area contributed by atoms with E-state index >= 15 is 0 Å². The second kappa shape index (κ2) is 4.79. The molecule has 0 saturated heterocycles. The lowest BCUT2D eigenvalue weighted by Crippen LogP contribution is -2.16. The molecule has 0 aliphatic heterocycles. The Morgan fingerprint density at radius 3 is 2.72 bits per heavy atom. The van der Waals surface area contributed by atoms with E-state index in [2.05, 4.69) is 14.9 Å². The lowest BCUT2D eigenvalue weighted by atomic mass is 10.1. The van der Waals surface area contributed by atoms with Crippen LogP contribution in [0.15, 0.2) is 41.6 Å². The molecule has 0 fully saturated rings. The van der Waals surface area contributed by atoms with Gasteiger partial charge in [-0.05, 0) is 18.6 Å². The first-order valence-corrected chi connectivity index (χ1v) is 6.85. The monoisotopic (exact) mass is 266 g/mol. The Kier molecular flexibility index (Phi) is 3.35. The molecule has 1 heterocycles. The van der Waals surface area contributed by atoms with Crippen LogP contribution in [0.4, 0.5) is 5.69 Å². The fourth-order valence-corrected chi connectivity index (χ4v) is 2.57. The van der Waals surface area contributed by atoms with Crippen molar-refractivity contribution < 1.29 is 8.42 Å². The first-order valence-electron chi connectivity index (χ1n) is 5.37. The number of aromatic amines is 1. The summed E-state index contributed by atoms with van der Waals surface area (Å²) in [5.41, 5.74) is 7.02. The van der Waals surface area contributed by atoms with Gasteiger partial charge in [-0.25, -0.2) is 8.42 Å². The van der Waals surface area contributed by atoms with Crippen LogP contribution in [0.1, 0.15) is 18.5 Å². The maximum absolute atomic E-state index is 12.0. The molecule has 18 heavy (non-hydrogen) atoms. The average Bonchev–Trinajstić information content (AvgIpc) is 2.83. The van der Waals surface area contributed by atoms with Crippen LogP contribution in [0.2, 0.25) is 0 Å². The number of nitrogens with zero attached hydrogens (tertiary/aromatic N) is 1. The van der Waals surface area contributed by atoms with Gasteiger partial charge in [0.25, 0.3) is 10.0 Å². The van der Waals surface area contributed by atoms with E-state index in [1.807, 2.05) is 6.07 Å². The molecule has 4 N–H and O–H groups in total. The summed E-state index contributed by atoms with van der Waals surface area (Å²) in [5.74, 6) is 0. The third kappa shape index (κ3) is 2.52. The van der Waals surface area contributed by atoms with Crippen molar-refractivity contribution in [2.45, 2.75) is 17.9 Å². The first kappa shape index (κ1) is 12.6. The number of nitrogens with one attached hydrogen (secondary N) is 2. The fourth-order valence-electron chi connectivity index (χ4n) is 1.58. The van der Waals surface area contributed by atoms with Crippen LogP contribution in [-0.2, 0) is 10.0 Å². The molecule has 1 aromatic carbocycles. The highest BCUT2D eigenvalue weighted by Gasteiger charge is 2.17. The minimum atomic E-state index is -3.63. The van der Waals surface area contributed by atoms with Crippen molar-refractivity contribution in [2.24, 2.45) is 5.73 Å². The predicted octanol–water partition coefficient (Wildman–Crippen LogP) is 1.23. The smallest absolute Gasteiger partial charge is 0.265 e. The number of rotatable bonds is 4. The topological polar surface area (TPSA) is 101 Å². The van der Waals surface area contributed by atoms with Gasteiger partial charge < -0.3 is 5.73 Å². The molecule has 0 amide bonds. The van der Waals surface area contributed by atoms with Gasteiger partial charge >= 0.3 is 0 Å². The number of anilines is 1. The summed E-state index contributed by atoms with van der Waals surface area (Å²) < 4.78 is 26.6. The highest BCUT2D eigenvalue weighted by atomic mass is 32.2. The summed E-state index contributed by atoms with van der Waals surface area (Å²) >= 11 is 0. The number of benzene rings is 1. The molecule has 0 radical (unpaired) electrons. The average molecular weight is 266 g/mol. The van der Waals surface area contributed by atoms with Gasteiger partial charge in [0, 0.05) is 12.2 Å². The lowest BCUT2D eigenvalue weighted by Gasteiger charge is -2.13. The van der Waals surface area contributed by atoms with E-state index in [4.69, 9.17) is 5.73 Å². The van der Waals surface area contributed by atoms with E-state index in [-0.39, 0.29) is 10.9 Å². The van der Waals surface area contributed by atoms with Gasteiger partial charge in [-0.3, -0.25) is 9.82 Å². The SMILES string of the molecule is CC(N)c1ccccc1NS(=O)(=O)c1cn[nH]c1. The van der Waals surface area contributed by atoms with Gasteiger partial charge in [-0.1, -0.05) is 18.2 Å². The predicted molar refractivity (Wildman–Crippen MR) is 68.4 cm³/mol. The van der Waals surface area contributed by atoms with E-state index in [0.29, 0.717) is 5.69 Å². The van der Waals surface area contributed by atoms with Crippen LogP contribution >= 0.6 is 0 Å². The minimum absolute atomic E-state index is 0.0852. The standard InChI is InChI=1S/C11H14N4O2S/c1-8(12)10-4-2-3-5-11(10)15-18(16,17)9-6-13-14-7-9/h2-8,15H,12H2,1H3,(H,13,14). The zero-order chi connectivity index (χ0) is 13.2. The van der Waals surface area contributed by atoms with Crippen molar-refractivity contribution in [3.8, 4) is 0 Å². The molecule has 0 bridgehead atoms. The highest BCUT2D eigenvalue weighted by molar-refractivity contribution is 7.92. The summed E-state index contributed by atoms with van der Waals surface area (Å²) in [6, 6.07) is 6.77. The summed E-state index contributed by atoms with van der Waals surface area (Å²) in [4.78, 5) is 0.0852. The molecule has 7 heteroatoms. The Hall–Kier alpha value is -1.86. The zero-order valence-corrected chi connectivity index (χ0v) is 10.6. The molecule has 1 aromatic heterocycles. The van der Waals surface area contributed by atoms with Crippen LogP contribution in [0.3, 0.4) is 0 Å². The van der Waals surface area contributed by atoms with Crippen LogP contribution in [0, 0.1) is 0 Å². The second-order valence-electron chi connectivity index (χ2n) is 3.92. The normalized spacial score (nSPS) is 13.2. The van der Waals surface area contributed by atoms with E-state index in [0.717, 1.165) is 5.56 Å². The van der Waals surface area contributed by atoms with Crippen LogP contribution in [0.5, 0.6) is 0 Å². The Morgan fingerprint density at radius 1 is 1.39 bits per heavy atom. The first-order chi connectivity index (χ1) is 8.50. The van der Waals surface area contributed by atoms with Gasteiger partial charge in [0.15, 0.2) is 0 Å². The molecule has 96 valence electrons. The Morgan fingerprint density at radius 2 is 2.11 bits per heavy atom. The van der Waals surface area contributed by atoms with Crippen LogP contribution in [-0.4, -0.2) is 18.6 Å². The molecule has 1 unspecified atom stereocenters. The summed E-state index contributed by atoms with van der Waals surface area (Å²) in [6.45, 7) is 1.80. The van der Waals surface area contributed by atoms with Gasteiger partial charge in [0.2, 0.25) is 0 Å². The van der Waals surface area contributed by atoms with Gasteiger partial charge in [-0.2, -0.15) is 5.10 Å². The minimum Gasteiger partial charge on any atom is -0.324 e. The van der Waals surface area contributed by atoms with E-state index in [1.165, 1.54) is 12.4 Å². The van der Waals surface area contributed by atoms with Crippen LogP contribution < -0.4 is 10.5 Å². The van der Waals surface area contributed by atoms with Crippen LogP contribution in [0.25, 0.3) is 0 Å². The number of aromatic nitrogens is 2. The summed E-state index contributed by atoms with van der Waals surface area (Å²) in [5, 5.41) is 6.08. The quantitative estimate of drug-likeness (QED) is 0.774. The van der Waals surface area contributed by atoms with Crippen molar-refractivity contribution in [1.29, 1.82) is 0 Å². The largest absolute Gasteiger partial charge is 0.324 e. The molecule has 0 spiro atoms. The molecule has 2 aromatic rings. The molecule has 0 aliphatic rings. The fraction of sp³-hybridized carbons (Fsp3) is 0.182. The van der Waals surface area contributed by atoms with Gasteiger partial charge in [0.1, 0.15) is 4.90 Å². The molecule has 0 saturated carbocycles. The number of hydrogen-bond acceptors (Lipinski definition) is 4. The highest BCUT2D eigenvalue weighted by Crippen LogP contribution is 2.23. The number of H-pyrrole nitrogens is 1. The summed E-state index contributed by atoms with van der Waals surface area (Å²) in [6.07, 6.45) is 2.56. The van der Waals surface area contributed by atoms with Crippen molar-refractivity contribution in [1.82, 2.24) is 10.2 Å². The number of sulfonamides is 1. The van der Waals surface area contributed by atoms with Crippen molar-refractivity contribution in [3.05, 3.63) is 42.2 Å². The Labute approximate surface area is 105 Å². The zero-order valence-electron chi connectivity index (χ0n) is 9.79. The van der Waals surface area contributed by atoms with E-state index in [1.54, 1.807) is 25.1 Å². The lowest BCUT2D eigenvalue weighted by molar-refractivity contribution is 0.601.